The molecule has 1 aromatic heterocycles. The average Bonchev–Trinajstić information content (AvgIpc) is 3.06. The zero-order chi connectivity index (χ0) is 18.7. The second-order valence-electron chi connectivity index (χ2n) is 5.75. The summed E-state index contributed by atoms with van der Waals surface area (Å²) in [7, 11) is 0.206. The number of hydrogen-bond acceptors (Lipinski definition) is 8. The number of fused-ring (bicyclic) bond motifs is 1. The van der Waals surface area contributed by atoms with E-state index in [1.165, 1.54) is 18.9 Å². The summed E-state index contributed by atoms with van der Waals surface area (Å²) >= 11 is 1.34. The molecule has 0 bridgehead atoms. The van der Waals surface area contributed by atoms with Gasteiger partial charge in [-0.1, -0.05) is 17.8 Å². The van der Waals surface area contributed by atoms with Crippen molar-refractivity contribution in [1.82, 2.24) is 14.8 Å². The normalized spacial score (nSPS) is 16.1. The summed E-state index contributed by atoms with van der Waals surface area (Å²) in [5.41, 5.74) is 6.15. The second-order valence-corrected chi connectivity index (χ2v) is 6.96. The molecule has 4 N–H and O–H groups in total. The number of carbonyl (C=O) groups is 1. The zero-order valence-electron chi connectivity index (χ0n) is 14.2. The number of methoxy groups -OCH3 is 1. The number of hydrogen-bond donors (Lipinski definition) is 3. The largest absolute Gasteiger partial charge is 0.537 e. The van der Waals surface area contributed by atoms with Crippen molar-refractivity contribution in [3.05, 3.63) is 29.6 Å². The first-order chi connectivity index (χ1) is 12.5. The fourth-order valence-electron chi connectivity index (χ4n) is 2.78. The van der Waals surface area contributed by atoms with Gasteiger partial charge < -0.3 is 29.8 Å². The van der Waals surface area contributed by atoms with Gasteiger partial charge in [0.25, 0.3) is 0 Å². The van der Waals surface area contributed by atoms with E-state index in [1.807, 2.05) is 4.57 Å². The molecule has 26 heavy (non-hydrogen) atoms. The highest BCUT2D eigenvalue weighted by Crippen LogP contribution is 2.39. The topological polar surface area (TPSA) is 133 Å². The first-order valence-corrected chi connectivity index (χ1v) is 8.95. The monoisotopic (exact) mass is 378 g/mol. The number of ether oxygens (including phenoxy) is 1. The van der Waals surface area contributed by atoms with Gasteiger partial charge in [0, 0.05) is 6.54 Å². The first kappa shape index (κ1) is 18.6. The van der Waals surface area contributed by atoms with Crippen LogP contribution in [0.15, 0.2) is 23.6 Å². The van der Waals surface area contributed by atoms with Crippen LogP contribution in [0.2, 0.25) is 0 Å². The van der Waals surface area contributed by atoms with Crippen LogP contribution in [-0.2, 0) is 13.0 Å². The van der Waals surface area contributed by atoms with Crippen LogP contribution in [0.4, 0.5) is 0 Å². The van der Waals surface area contributed by atoms with Crippen LogP contribution in [0.3, 0.4) is 0 Å². The van der Waals surface area contributed by atoms with Crippen molar-refractivity contribution in [1.29, 1.82) is 0 Å². The minimum atomic E-state index is -1.18. The van der Waals surface area contributed by atoms with Crippen molar-refractivity contribution in [2.45, 2.75) is 29.7 Å². The highest BCUT2D eigenvalue weighted by atomic mass is 32.2. The van der Waals surface area contributed by atoms with E-state index in [9.17, 15) is 14.9 Å². The predicted octanol–water partition coefficient (Wildman–Crippen LogP) is 0.449. The van der Waals surface area contributed by atoms with E-state index >= 15 is 0 Å². The number of aromatic nitrogens is 3. The molecule has 0 spiro atoms. The Bertz CT molecular complexity index is 802. The van der Waals surface area contributed by atoms with Crippen LogP contribution >= 0.6 is 11.8 Å². The van der Waals surface area contributed by atoms with E-state index in [4.69, 9.17) is 15.1 Å². The summed E-state index contributed by atoms with van der Waals surface area (Å²) < 4.78 is 12.5. The summed E-state index contributed by atoms with van der Waals surface area (Å²) in [6.07, 6.45) is 2.84. The Balaban J connectivity index is 1.84. The van der Waals surface area contributed by atoms with Crippen LogP contribution in [-0.4, -0.2) is 56.8 Å². The molecular formula is C15H19BN4O5S. The maximum Gasteiger partial charge on any atom is 0.537 e. The third-order valence-corrected chi connectivity index (χ3v) is 5.28. The van der Waals surface area contributed by atoms with Gasteiger partial charge in [-0.2, -0.15) is 0 Å². The zero-order valence-corrected chi connectivity index (χ0v) is 15.0. The molecule has 9 nitrogen and oxygen atoms in total. The van der Waals surface area contributed by atoms with E-state index in [0.29, 0.717) is 30.2 Å². The second kappa shape index (κ2) is 7.98. The van der Waals surface area contributed by atoms with Gasteiger partial charge in [-0.3, -0.25) is 0 Å². The summed E-state index contributed by atoms with van der Waals surface area (Å²) in [5, 5.41) is 28.1. The minimum absolute atomic E-state index is 0.0846. The SMILES string of the molecule is COc1ccc2c(c1C(=O)O)OB(O)[C@@H](Sc1nncn1CCCN)C2. The third kappa shape index (κ3) is 3.64. The molecule has 1 atom stereocenters. The number of nitrogens with zero attached hydrogens (tertiary/aromatic N) is 3. The fourth-order valence-corrected chi connectivity index (χ4v) is 3.85. The smallest absolute Gasteiger partial charge is 0.534 e. The van der Waals surface area contributed by atoms with Gasteiger partial charge in [0.15, 0.2) is 5.16 Å². The molecule has 1 aromatic carbocycles. The number of rotatable bonds is 7. The lowest BCUT2D eigenvalue weighted by Gasteiger charge is -2.28. The first-order valence-electron chi connectivity index (χ1n) is 8.07. The van der Waals surface area contributed by atoms with E-state index in [0.717, 1.165) is 6.42 Å². The summed E-state index contributed by atoms with van der Waals surface area (Å²) in [5.74, 6) is -0.833. The Morgan fingerprint density at radius 1 is 1.58 bits per heavy atom. The molecule has 0 unspecified atom stereocenters. The van der Waals surface area contributed by atoms with Crippen molar-refractivity contribution in [2.24, 2.45) is 5.73 Å². The quantitative estimate of drug-likeness (QED) is 0.587. The molecule has 0 saturated heterocycles. The van der Waals surface area contributed by atoms with E-state index in [1.54, 1.807) is 18.5 Å². The van der Waals surface area contributed by atoms with Gasteiger partial charge in [0.05, 0.1) is 12.3 Å². The lowest BCUT2D eigenvalue weighted by Crippen LogP contribution is -2.41. The predicted molar refractivity (Wildman–Crippen MR) is 95.6 cm³/mol. The van der Waals surface area contributed by atoms with Crippen molar-refractivity contribution in [3.8, 4) is 11.5 Å². The lowest BCUT2D eigenvalue weighted by molar-refractivity contribution is 0.0690. The van der Waals surface area contributed by atoms with Gasteiger partial charge in [-0.25, -0.2) is 4.79 Å². The molecule has 2 heterocycles. The number of carboxylic acid groups (broad SMARTS) is 1. The molecule has 2 aromatic rings. The van der Waals surface area contributed by atoms with Crippen LogP contribution in [0, 0.1) is 0 Å². The van der Waals surface area contributed by atoms with E-state index in [2.05, 4.69) is 10.2 Å². The van der Waals surface area contributed by atoms with Crippen molar-refractivity contribution in [2.75, 3.05) is 13.7 Å². The van der Waals surface area contributed by atoms with Crippen molar-refractivity contribution in [3.63, 3.8) is 0 Å². The summed E-state index contributed by atoms with van der Waals surface area (Å²) in [6.45, 7) is 1.25. The molecule has 0 saturated carbocycles. The summed E-state index contributed by atoms with van der Waals surface area (Å²) in [4.78, 5) is 11.6. The Labute approximate surface area is 154 Å². The number of thioether (sulfide) groups is 1. The lowest BCUT2D eigenvalue weighted by atomic mass is 9.77. The Morgan fingerprint density at radius 2 is 2.38 bits per heavy atom. The van der Waals surface area contributed by atoms with Gasteiger partial charge >= 0.3 is 13.1 Å². The third-order valence-electron chi connectivity index (χ3n) is 4.05. The van der Waals surface area contributed by atoms with Gasteiger partial charge in [0.2, 0.25) is 0 Å². The molecule has 0 amide bonds. The maximum atomic E-state index is 11.6. The number of benzene rings is 1. The van der Waals surface area contributed by atoms with Crippen molar-refractivity contribution < 1.29 is 24.3 Å². The number of aryl methyl sites for hydroxylation is 1. The van der Waals surface area contributed by atoms with Crippen LogP contribution in [0.25, 0.3) is 0 Å². The standard InChI is InChI=1S/C15H19BN4O5S/c1-24-10-4-3-9-7-11(16(23)25-13(9)12(10)14(21)22)26-15-19-18-8-20(15)6-2-5-17/h3-4,8,11,23H,2,5-7,17H2,1H3,(H,21,22)/t11-/m0/s1. The van der Waals surface area contributed by atoms with Gasteiger partial charge in [0.1, 0.15) is 23.4 Å². The highest BCUT2D eigenvalue weighted by molar-refractivity contribution is 8.01. The highest BCUT2D eigenvalue weighted by Gasteiger charge is 2.39. The Kier molecular flexibility index (Phi) is 5.69. The maximum absolute atomic E-state index is 11.6. The molecule has 0 radical (unpaired) electrons. The molecular weight excluding hydrogens is 359 g/mol. The molecule has 138 valence electrons. The van der Waals surface area contributed by atoms with Gasteiger partial charge in [-0.15, -0.1) is 10.2 Å². The van der Waals surface area contributed by atoms with Gasteiger partial charge in [-0.05, 0) is 31.0 Å². The van der Waals surface area contributed by atoms with Crippen LogP contribution < -0.4 is 15.1 Å². The minimum Gasteiger partial charge on any atom is -0.534 e. The van der Waals surface area contributed by atoms with E-state index in [-0.39, 0.29) is 22.2 Å². The molecule has 0 aliphatic carbocycles. The number of carboxylic acids is 1. The van der Waals surface area contributed by atoms with Crippen molar-refractivity contribution >= 4 is 24.8 Å². The van der Waals surface area contributed by atoms with Crippen LogP contribution in [0.1, 0.15) is 22.3 Å². The molecule has 0 fully saturated rings. The molecule has 1 aliphatic heterocycles. The Morgan fingerprint density at radius 3 is 3.08 bits per heavy atom. The molecule has 11 heteroatoms. The van der Waals surface area contributed by atoms with E-state index < -0.39 is 13.1 Å². The van der Waals surface area contributed by atoms with Crippen LogP contribution in [0.5, 0.6) is 11.5 Å². The summed E-state index contributed by atoms with van der Waals surface area (Å²) in [6, 6.07) is 3.34. The molecule has 1 aliphatic rings. The Hall–Kier alpha value is -2.24. The number of aromatic carboxylic acids is 1. The fraction of sp³-hybridized carbons (Fsp3) is 0.400. The number of nitrogens with two attached hydrogens (primary N) is 1. The molecule has 3 rings (SSSR count). The average molecular weight is 378 g/mol.